The quantitative estimate of drug-likeness (QED) is 0.732. The molecule has 0 radical (unpaired) electrons. The van der Waals surface area contributed by atoms with E-state index in [0.29, 0.717) is 26.2 Å². The first-order chi connectivity index (χ1) is 13.4. The maximum atomic E-state index is 13.5. The molecule has 3 heterocycles. The highest BCUT2D eigenvalue weighted by Crippen LogP contribution is 2.44. The van der Waals surface area contributed by atoms with Gasteiger partial charge >= 0.3 is 18.3 Å². The molecule has 0 unspecified atom stereocenters. The number of carbonyl (C=O) groups is 1. The van der Waals surface area contributed by atoms with Crippen LogP contribution in [-0.2, 0) is 10.9 Å². The zero-order chi connectivity index (χ0) is 21.4. The number of hydrogen-bond donors (Lipinski definition) is 0. The number of anilines is 1. The number of carbonyl (C=O) groups excluding carboxylic acids is 1. The van der Waals surface area contributed by atoms with Crippen LogP contribution in [0, 0.1) is 5.41 Å². The number of rotatable bonds is 2. The van der Waals surface area contributed by atoms with E-state index >= 15 is 0 Å². The van der Waals surface area contributed by atoms with Gasteiger partial charge in [0.1, 0.15) is 5.60 Å². The fourth-order valence-corrected chi connectivity index (χ4v) is 3.94. The first-order valence-electron chi connectivity index (χ1n) is 9.64. The summed E-state index contributed by atoms with van der Waals surface area (Å²) in [5.41, 5.74) is -1.68. The maximum absolute atomic E-state index is 13.5. The van der Waals surface area contributed by atoms with E-state index in [1.165, 1.54) is 13.3 Å². The lowest BCUT2D eigenvalue weighted by Crippen LogP contribution is -2.46. The molecule has 2 aliphatic heterocycles. The number of aromatic nitrogens is 2. The van der Waals surface area contributed by atoms with Gasteiger partial charge in [-0.1, -0.05) is 0 Å². The van der Waals surface area contributed by atoms with Crippen LogP contribution in [0.1, 0.15) is 45.7 Å². The number of likely N-dealkylation sites (tertiary alicyclic amines) is 1. The molecule has 1 aromatic rings. The van der Waals surface area contributed by atoms with Crippen molar-refractivity contribution in [3.05, 3.63) is 11.9 Å². The Balaban J connectivity index is 1.69. The van der Waals surface area contributed by atoms with Crippen molar-refractivity contribution in [2.24, 2.45) is 5.41 Å². The number of nitrogens with zero attached hydrogens (tertiary/aromatic N) is 4. The third-order valence-electron chi connectivity index (χ3n) is 5.45. The largest absolute Gasteiger partial charge is 0.467 e. The first kappa shape index (κ1) is 21.4. The molecule has 0 saturated carbocycles. The van der Waals surface area contributed by atoms with E-state index in [-0.39, 0.29) is 23.2 Å². The van der Waals surface area contributed by atoms with Crippen LogP contribution in [0.15, 0.2) is 6.20 Å². The van der Waals surface area contributed by atoms with Crippen molar-refractivity contribution in [3.63, 3.8) is 0 Å². The Labute approximate surface area is 168 Å². The molecule has 2 aliphatic rings. The summed E-state index contributed by atoms with van der Waals surface area (Å²) in [6, 6.07) is -0.305. The Morgan fingerprint density at radius 2 is 1.76 bits per heavy atom. The Bertz CT molecular complexity index is 756. The van der Waals surface area contributed by atoms with Crippen molar-refractivity contribution in [3.8, 4) is 6.01 Å². The second kappa shape index (κ2) is 7.53. The lowest BCUT2D eigenvalue weighted by Gasteiger charge is -2.39. The van der Waals surface area contributed by atoms with E-state index in [1.54, 1.807) is 9.80 Å². The molecule has 1 spiro atoms. The van der Waals surface area contributed by atoms with Gasteiger partial charge in [0.2, 0.25) is 0 Å². The van der Waals surface area contributed by atoms with Crippen LogP contribution in [0.2, 0.25) is 0 Å². The van der Waals surface area contributed by atoms with Gasteiger partial charge < -0.3 is 19.3 Å². The lowest BCUT2D eigenvalue weighted by molar-refractivity contribution is -0.141. The second-order valence-corrected chi connectivity index (χ2v) is 8.73. The van der Waals surface area contributed by atoms with Crippen LogP contribution >= 0.6 is 0 Å². The van der Waals surface area contributed by atoms with Gasteiger partial charge in [0.15, 0.2) is 5.69 Å². The van der Waals surface area contributed by atoms with Crippen molar-refractivity contribution in [1.82, 2.24) is 14.9 Å². The fraction of sp³-hybridized carbons (Fsp3) is 0.737. The zero-order valence-corrected chi connectivity index (χ0v) is 17.2. The number of piperidine rings is 1. The van der Waals surface area contributed by atoms with Gasteiger partial charge in [-0.05, 0) is 45.4 Å². The predicted octanol–water partition coefficient (Wildman–Crippen LogP) is 3.73. The van der Waals surface area contributed by atoms with E-state index in [9.17, 15) is 18.0 Å². The van der Waals surface area contributed by atoms with Crippen molar-refractivity contribution in [2.45, 2.75) is 51.8 Å². The molecular formula is C19H27F3N4O3. The molecule has 3 rings (SSSR count). The molecule has 29 heavy (non-hydrogen) atoms. The Morgan fingerprint density at radius 3 is 2.31 bits per heavy atom. The molecule has 2 saturated heterocycles. The van der Waals surface area contributed by atoms with E-state index < -0.39 is 17.5 Å². The van der Waals surface area contributed by atoms with Gasteiger partial charge in [-0.15, -0.1) is 0 Å². The number of hydrogen-bond acceptors (Lipinski definition) is 6. The molecule has 0 aliphatic carbocycles. The third kappa shape index (κ3) is 4.84. The SMILES string of the molecule is COc1ncc(N2CCC3(CCN(C(=O)OC(C)(C)C)CC3)C2)c(C(F)(F)F)n1. The molecule has 1 aromatic heterocycles. The molecule has 10 heteroatoms. The van der Waals surface area contributed by atoms with Gasteiger partial charge in [0.05, 0.1) is 19.0 Å². The zero-order valence-electron chi connectivity index (χ0n) is 17.2. The van der Waals surface area contributed by atoms with Crippen molar-refractivity contribution in [2.75, 3.05) is 38.2 Å². The van der Waals surface area contributed by atoms with Crippen LogP contribution in [0.4, 0.5) is 23.7 Å². The Kier molecular flexibility index (Phi) is 5.57. The summed E-state index contributed by atoms with van der Waals surface area (Å²) in [6.07, 6.45) is -1.55. The minimum absolute atomic E-state index is 0.0234. The van der Waals surface area contributed by atoms with Gasteiger partial charge in [-0.3, -0.25) is 0 Å². The first-order valence-corrected chi connectivity index (χ1v) is 9.64. The molecule has 2 fully saturated rings. The molecule has 0 bridgehead atoms. The third-order valence-corrected chi connectivity index (χ3v) is 5.45. The van der Waals surface area contributed by atoms with Gasteiger partial charge in [0.25, 0.3) is 0 Å². The maximum Gasteiger partial charge on any atom is 0.435 e. The number of amides is 1. The number of alkyl halides is 3. The van der Waals surface area contributed by atoms with Crippen LogP contribution in [0.5, 0.6) is 6.01 Å². The van der Waals surface area contributed by atoms with E-state index in [0.717, 1.165) is 19.3 Å². The van der Waals surface area contributed by atoms with Crippen molar-refractivity contribution in [1.29, 1.82) is 0 Å². The smallest absolute Gasteiger partial charge is 0.435 e. The summed E-state index contributed by atoms with van der Waals surface area (Å²) < 4.78 is 50.7. The Morgan fingerprint density at radius 1 is 1.14 bits per heavy atom. The van der Waals surface area contributed by atoms with Crippen LogP contribution in [0.3, 0.4) is 0 Å². The molecule has 0 atom stereocenters. The number of halogens is 3. The van der Waals surface area contributed by atoms with Crippen LogP contribution < -0.4 is 9.64 Å². The summed E-state index contributed by atoms with van der Waals surface area (Å²) in [5.74, 6) is 0. The summed E-state index contributed by atoms with van der Waals surface area (Å²) in [4.78, 5) is 23.1. The van der Waals surface area contributed by atoms with Crippen LogP contribution in [-0.4, -0.2) is 59.9 Å². The molecule has 1 amide bonds. The normalized spacial score (nSPS) is 19.6. The number of ether oxygens (including phenoxy) is 2. The standard InChI is InChI=1S/C19H27F3N4O3/c1-17(2,3)29-16(27)25-8-5-18(6-9-25)7-10-26(12-18)13-11-23-15(28-4)24-14(13)19(20,21)22/h11H,5-10,12H2,1-4H3. The van der Waals surface area contributed by atoms with Crippen molar-refractivity contribution < 1.29 is 27.4 Å². The van der Waals surface area contributed by atoms with E-state index in [2.05, 4.69) is 9.97 Å². The van der Waals surface area contributed by atoms with Gasteiger partial charge in [-0.25, -0.2) is 9.78 Å². The number of methoxy groups -OCH3 is 1. The topological polar surface area (TPSA) is 67.8 Å². The highest BCUT2D eigenvalue weighted by atomic mass is 19.4. The lowest BCUT2D eigenvalue weighted by atomic mass is 9.78. The van der Waals surface area contributed by atoms with Crippen molar-refractivity contribution >= 4 is 11.8 Å². The molecule has 0 aromatic carbocycles. The summed E-state index contributed by atoms with van der Waals surface area (Å²) in [5, 5.41) is 0. The molecule has 162 valence electrons. The average Bonchev–Trinajstić information content (AvgIpc) is 3.03. The van der Waals surface area contributed by atoms with E-state index in [4.69, 9.17) is 9.47 Å². The van der Waals surface area contributed by atoms with E-state index in [1.807, 2.05) is 20.8 Å². The molecular weight excluding hydrogens is 389 g/mol. The van der Waals surface area contributed by atoms with Crippen LogP contribution in [0.25, 0.3) is 0 Å². The monoisotopic (exact) mass is 416 g/mol. The summed E-state index contributed by atoms with van der Waals surface area (Å²) in [7, 11) is 1.23. The average molecular weight is 416 g/mol. The Hall–Kier alpha value is -2.26. The minimum Gasteiger partial charge on any atom is -0.467 e. The summed E-state index contributed by atoms with van der Waals surface area (Å²) in [6.45, 7) is 7.50. The molecule has 0 N–H and O–H groups in total. The highest BCUT2D eigenvalue weighted by Gasteiger charge is 2.45. The predicted molar refractivity (Wildman–Crippen MR) is 99.9 cm³/mol. The highest BCUT2D eigenvalue weighted by molar-refractivity contribution is 5.68. The second-order valence-electron chi connectivity index (χ2n) is 8.73. The summed E-state index contributed by atoms with van der Waals surface area (Å²) >= 11 is 0. The minimum atomic E-state index is -4.60. The van der Waals surface area contributed by atoms with Gasteiger partial charge in [-0.2, -0.15) is 18.2 Å². The van der Waals surface area contributed by atoms with Gasteiger partial charge in [0, 0.05) is 26.2 Å². The molecule has 7 nitrogen and oxygen atoms in total. The fourth-order valence-electron chi connectivity index (χ4n) is 3.94.